The quantitative estimate of drug-likeness (QED) is 0.153. The van der Waals surface area contributed by atoms with Crippen LogP contribution in [0, 0.1) is 5.92 Å². The van der Waals surface area contributed by atoms with Gasteiger partial charge in [0.25, 0.3) is 0 Å². The molecule has 0 saturated carbocycles. The normalized spacial score (nSPS) is 15.6. The maximum Gasteiger partial charge on any atom is 0.0743 e. The molecular formula is C58H45N3. The van der Waals surface area contributed by atoms with Gasteiger partial charge in [-0.25, -0.2) is 0 Å². The van der Waals surface area contributed by atoms with Gasteiger partial charge in [-0.05, 0) is 90.8 Å². The molecule has 2 unspecified atom stereocenters. The average molecular weight is 784 g/mol. The molecule has 0 aliphatic heterocycles. The second-order valence-corrected chi connectivity index (χ2v) is 16.3. The number of aliphatic imine (C=N–C) groups is 1. The Hall–Kier alpha value is -7.49. The molecule has 3 nitrogen and oxygen atoms in total. The highest BCUT2D eigenvalue weighted by Gasteiger charge is 2.21. The van der Waals surface area contributed by atoms with E-state index in [0.29, 0.717) is 18.4 Å². The summed E-state index contributed by atoms with van der Waals surface area (Å²) < 4.78 is 2.45. The molecule has 0 bridgehead atoms. The lowest BCUT2D eigenvalue weighted by Crippen LogP contribution is -2.09. The Balaban J connectivity index is 0.971. The van der Waals surface area contributed by atoms with Crippen LogP contribution in [0.1, 0.15) is 40.7 Å². The highest BCUT2D eigenvalue weighted by Crippen LogP contribution is 2.41. The predicted octanol–water partition coefficient (Wildman–Crippen LogP) is 14.7. The number of anilines is 1. The maximum atomic E-state index is 5.45. The molecule has 0 radical (unpaired) electrons. The summed E-state index contributed by atoms with van der Waals surface area (Å²) in [6.45, 7) is 2.86. The largest absolute Gasteiger partial charge is 0.388 e. The van der Waals surface area contributed by atoms with Crippen LogP contribution in [0.4, 0.5) is 5.69 Å². The molecule has 0 saturated heterocycles. The van der Waals surface area contributed by atoms with E-state index in [4.69, 9.17) is 4.99 Å². The first kappa shape index (κ1) is 36.6. The number of aromatic nitrogens is 1. The van der Waals surface area contributed by atoms with Crippen LogP contribution in [0.15, 0.2) is 211 Å². The third-order valence-electron chi connectivity index (χ3n) is 12.8. The lowest BCUT2D eigenvalue weighted by Gasteiger charge is -2.24. The molecule has 3 heteroatoms. The van der Waals surface area contributed by atoms with Crippen molar-refractivity contribution < 1.29 is 0 Å². The second kappa shape index (κ2) is 15.3. The van der Waals surface area contributed by atoms with E-state index in [2.05, 4.69) is 223 Å². The first-order valence-electron chi connectivity index (χ1n) is 21.4. The number of rotatable bonds is 8. The Morgan fingerprint density at radius 3 is 1.95 bits per heavy atom. The monoisotopic (exact) mass is 783 g/mol. The van der Waals surface area contributed by atoms with Crippen molar-refractivity contribution in [1.29, 1.82) is 0 Å². The summed E-state index contributed by atoms with van der Waals surface area (Å²) >= 11 is 0. The van der Waals surface area contributed by atoms with Gasteiger partial charge in [0.05, 0.1) is 23.3 Å². The fraction of sp³-hybridized carbons (Fsp3) is 0.0862. The van der Waals surface area contributed by atoms with E-state index in [1.54, 1.807) is 0 Å². The van der Waals surface area contributed by atoms with Gasteiger partial charge in [0, 0.05) is 46.2 Å². The van der Waals surface area contributed by atoms with E-state index >= 15 is 0 Å². The van der Waals surface area contributed by atoms with Gasteiger partial charge in [0.15, 0.2) is 0 Å². The summed E-state index contributed by atoms with van der Waals surface area (Å²) in [6, 6.07) is 68.4. The number of allylic oxidation sites excluding steroid dienone is 4. The number of hydrogen-bond donors (Lipinski definition) is 1. The smallest absolute Gasteiger partial charge is 0.0743 e. The molecular weight excluding hydrogens is 739 g/mol. The standard InChI is InChI=1S/C58H45N3/c1-38-35-44(27-31-48(38)40-13-4-3-5-14-40)39-23-25-43(26-24-39)58(52-21-10-11-22-53(52)59-2)60-37-46-18-12-17-45-36-47(30-32-49(45)46)61-54-33-28-41-15-6-8-19-50(41)56(54)57-51-20-9-7-16-42(51)29-34-55(57)61/h3-36,38,48,59H,37H2,1-2H3/b60-58-. The zero-order valence-electron chi connectivity index (χ0n) is 34.4. The summed E-state index contributed by atoms with van der Waals surface area (Å²) in [4.78, 5) is 5.45. The van der Waals surface area contributed by atoms with Gasteiger partial charge in [-0.2, -0.15) is 0 Å². The van der Waals surface area contributed by atoms with Crippen molar-refractivity contribution in [3.05, 3.63) is 234 Å². The predicted molar refractivity (Wildman–Crippen MR) is 261 cm³/mol. The lowest BCUT2D eigenvalue weighted by atomic mass is 9.81. The first-order valence-corrected chi connectivity index (χ1v) is 21.4. The van der Waals surface area contributed by atoms with Crippen molar-refractivity contribution in [2.24, 2.45) is 10.9 Å². The van der Waals surface area contributed by atoms with Gasteiger partial charge in [0.2, 0.25) is 0 Å². The number of hydrogen-bond acceptors (Lipinski definition) is 2. The number of nitrogens with one attached hydrogen (secondary N) is 1. The minimum atomic E-state index is 0.386. The van der Waals surface area contributed by atoms with E-state index in [-0.39, 0.29) is 0 Å². The van der Waals surface area contributed by atoms with Crippen molar-refractivity contribution >= 4 is 71.1 Å². The summed E-state index contributed by atoms with van der Waals surface area (Å²) in [6.07, 6.45) is 7.06. The highest BCUT2D eigenvalue weighted by molar-refractivity contribution is 6.28. The molecule has 0 spiro atoms. The van der Waals surface area contributed by atoms with Crippen LogP contribution in [0.3, 0.4) is 0 Å². The van der Waals surface area contributed by atoms with Crippen molar-refractivity contribution in [2.75, 3.05) is 12.4 Å². The van der Waals surface area contributed by atoms with Gasteiger partial charge in [-0.3, -0.25) is 4.99 Å². The zero-order valence-corrected chi connectivity index (χ0v) is 34.4. The fourth-order valence-electron chi connectivity index (χ4n) is 9.77. The van der Waals surface area contributed by atoms with Crippen molar-refractivity contribution in [3.63, 3.8) is 0 Å². The Morgan fingerprint density at radius 2 is 1.25 bits per heavy atom. The highest BCUT2D eigenvalue weighted by atomic mass is 15.0. The average Bonchev–Trinajstić information content (AvgIpc) is 3.67. The summed E-state index contributed by atoms with van der Waals surface area (Å²) in [5.41, 5.74) is 12.8. The number of nitrogens with zero attached hydrogens (tertiary/aromatic N) is 2. The van der Waals surface area contributed by atoms with E-state index in [1.807, 2.05) is 7.05 Å². The third kappa shape index (κ3) is 6.42. The maximum absolute atomic E-state index is 5.45. The summed E-state index contributed by atoms with van der Waals surface area (Å²) in [7, 11) is 1.98. The number of para-hydroxylation sites is 1. The molecule has 0 fully saturated rings. The summed E-state index contributed by atoms with van der Waals surface area (Å²) in [5.74, 6) is 0.790. The van der Waals surface area contributed by atoms with E-state index in [1.165, 1.54) is 76.4 Å². The van der Waals surface area contributed by atoms with Crippen LogP contribution in [-0.4, -0.2) is 17.3 Å². The molecule has 11 rings (SSSR count). The van der Waals surface area contributed by atoms with Crippen LogP contribution in [0.5, 0.6) is 0 Å². The second-order valence-electron chi connectivity index (χ2n) is 16.3. The molecule has 1 aromatic heterocycles. The SMILES string of the molecule is CNc1ccccc1/C(=N\Cc1cccc2cc(-n3c4ccc5ccccc5c4c4c5ccccc5ccc43)ccc12)c1ccc(C2=CC(C)C(c3ccccc3)C=C2)cc1. The molecule has 1 heterocycles. The van der Waals surface area contributed by atoms with Gasteiger partial charge in [0.1, 0.15) is 0 Å². The minimum Gasteiger partial charge on any atom is -0.388 e. The molecule has 0 amide bonds. The fourth-order valence-corrected chi connectivity index (χ4v) is 9.77. The molecule has 61 heavy (non-hydrogen) atoms. The third-order valence-corrected chi connectivity index (χ3v) is 12.8. The Kier molecular flexibility index (Phi) is 9.16. The molecule has 1 aliphatic rings. The van der Waals surface area contributed by atoms with Gasteiger partial charge in [-0.1, -0.05) is 183 Å². The minimum absolute atomic E-state index is 0.386. The van der Waals surface area contributed by atoms with Crippen molar-refractivity contribution in [3.8, 4) is 5.69 Å². The molecule has 1 N–H and O–H groups in total. The Morgan fingerprint density at radius 1 is 0.590 bits per heavy atom. The van der Waals surface area contributed by atoms with Crippen LogP contribution < -0.4 is 5.32 Å². The van der Waals surface area contributed by atoms with Crippen molar-refractivity contribution in [2.45, 2.75) is 19.4 Å². The van der Waals surface area contributed by atoms with E-state index in [0.717, 1.165) is 28.2 Å². The zero-order chi connectivity index (χ0) is 40.9. The van der Waals surface area contributed by atoms with E-state index < -0.39 is 0 Å². The van der Waals surface area contributed by atoms with Crippen LogP contribution in [0.2, 0.25) is 0 Å². The molecule has 1 aliphatic carbocycles. The van der Waals surface area contributed by atoms with Crippen LogP contribution >= 0.6 is 0 Å². The van der Waals surface area contributed by atoms with Gasteiger partial charge in [-0.15, -0.1) is 0 Å². The Bertz CT molecular complexity index is 3290. The molecule has 2 atom stereocenters. The first-order chi connectivity index (χ1) is 30.1. The number of benzene rings is 9. The van der Waals surface area contributed by atoms with Gasteiger partial charge >= 0.3 is 0 Å². The summed E-state index contributed by atoms with van der Waals surface area (Å²) in [5, 5.41) is 13.5. The lowest BCUT2D eigenvalue weighted by molar-refractivity contribution is 0.638. The molecule has 9 aromatic carbocycles. The molecule has 10 aromatic rings. The van der Waals surface area contributed by atoms with Crippen LogP contribution in [-0.2, 0) is 6.54 Å². The van der Waals surface area contributed by atoms with Crippen molar-refractivity contribution in [1.82, 2.24) is 4.57 Å². The topological polar surface area (TPSA) is 29.3 Å². The Labute approximate surface area is 356 Å². The van der Waals surface area contributed by atoms with Gasteiger partial charge < -0.3 is 9.88 Å². The van der Waals surface area contributed by atoms with Crippen LogP contribution in [0.25, 0.3) is 65.4 Å². The molecule has 292 valence electrons. The number of fused-ring (bicyclic) bond motifs is 8. The van der Waals surface area contributed by atoms with E-state index in [9.17, 15) is 0 Å².